The minimum absolute atomic E-state index is 0.380. The Morgan fingerprint density at radius 3 is 1.35 bits per heavy atom. The van der Waals surface area contributed by atoms with Gasteiger partial charge in [-0.2, -0.15) is 0 Å². The van der Waals surface area contributed by atoms with E-state index in [-0.39, 0.29) is 5.41 Å². The fraction of sp³-hybridized carbons (Fsp3) is 0.0156. The highest BCUT2D eigenvalue weighted by Gasteiger charge is 2.51. The third-order valence-electron chi connectivity index (χ3n) is 14.2. The lowest BCUT2D eigenvalue weighted by molar-refractivity contribution is 0.669. The Bertz CT molecular complexity index is 3900. The average molecular weight is 866 g/mol. The van der Waals surface area contributed by atoms with E-state index >= 15 is 0 Å². The van der Waals surface area contributed by atoms with Crippen LogP contribution in [0.1, 0.15) is 22.3 Å². The highest BCUT2D eigenvalue weighted by Crippen LogP contribution is 2.63. The molecule has 0 amide bonds. The fourth-order valence-corrected chi connectivity index (χ4v) is 11.2. The molecule has 0 radical (unpaired) electrons. The molecule has 0 aliphatic heterocycles. The minimum atomic E-state index is -0.380. The van der Waals surface area contributed by atoms with Crippen molar-refractivity contribution in [2.45, 2.75) is 5.41 Å². The number of fused-ring (bicyclic) bond motifs is 13. The smallest absolute Gasteiger partial charge is 0.164 e. The molecular weight excluding hydrogens is 827 g/mol. The summed E-state index contributed by atoms with van der Waals surface area (Å²) in [5.74, 6) is 1.81. The summed E-state index contributed by atoms with van der Waals surface area (Å²) in [6.07, 6.45) is 0. The van der Waals surface area contributed by atoms with Crippen molar-refractivity contribution in [2.75, 3.05) is 0 Å². The zero-order chi connectivity index (χ0) is 44.8. The van der Waals surface area contributed by atoms with Crippen LogP contribution in [0.2, 0.25) is 0 Å². The van der Waals surface area contributed by atoms with Gasteiger partial charge in [0.2, 0.25) is 0 Å². The molecule has 0 atom stereocenters. The van der Waals surface area contributed by atoms with Crippen molar-refractivity contribution in [3.8, 4) is 89.8 Å². The molecule has 2 aromatic heterocycles. The van der Waals surface area contributed by atoms with Gasteiger partial charge in [0.05, 0.1) is 5.41 Å². The summed E-state index contributed by atoms with van der Waals surface area (Å²) in [7, 11) is 0. The van der Waals surface area contributed by atoms with Crippen molar-refractivity contribution < 1.29 is 4.42 Å². The Balaban J connectivity index is 0.871. The van der Waals surface area contributed by atoms with Gasteiger partial charge in [-0.1, -0.05) is 212 Å². The first-order chi connectivity index (χ1) is 33.7. The molecule has 0 unspecified atom stereocenters. The number of hydrogen-bond acceptors (Lipinski definition) is 4. The molecule has 4 nitrogen and oxygen atoms in total. The van der Waals surface area contributed by atoms with Crippen molar-refractivity contribution in [1.82, 2.24) is 15.0 Å². The highest BCUT2D eigenvalue weighted by molar-refractivity contribution is 6.13. The zero-order valence-corrected chi connectivity index (χ0v) is 36.8. The van der Waals surface area contributed by atoms with E-state index in [1.807, 2.05) is 54.6 Å². The van der Waals surface area contributed by atoms with E-state index in [4.69, 9.17) is 19.4 Å². The molecule has 2 aliphatic rings. The Hall–Kier alpha value is -8.99. The Labute approximate surface area is 393 Å². The summed E-state index contributed by atoms with van der Waals surface area (Å²) in [6.45, 7) is 0. The SMILES string of the molecule is c1ccc(-c2nc(-c3ccccc3-c3ccccc3)nc(-c3cccc4oc5ccc(-c6ccc(-c7ccc8c(c7)C7(c9ccccc9-c9ccccc97)c7ccccc7-8)cc6)cc5c34)n2)cc1. The molecule has 0 fully saturated rings. The molecule has 2 aliphatic carbocycles. The van der Waals surface area contributed by atoms with Crippen LogP contribution in [0, 0.1) is 0 Å². The first-order valence-electron chi connectivity index (χ1n) is 23.2. The van der Waals surface area contributed by atoms with Crippen molar-refractivity contribution in [2.24, 2.45) is 0 Å². The van der Waals surface area contributed by atoms with E-state index < -0.39 is 0 Å². The molecule has 0 saturated heterocycles. The van der Waals surface area contributed by atoms with Gasteiger partial charge in [0.25, 0.3) is 0 Å². The lowest BCUT2D eigenvalue weighted by Crippen LogP contribution is -2.25. The summed E-state index contributed by atoms with van der Waals surface area (Å²) in [6, 6.07) is 84.5. The second kappa shape index (κ2) is 15.0. The summed E-state index contributed by atoms with van der Waals surface area (Å²) in [5, 5.41) is 1.97. The molecule has 0 saturated carbocycles. The van der Waals surface area contributed by atoms with Gasteiger partial charge in [0, 0.05) is 27.5 Å². The number of nitrogens with zero attached hydrogens (tertiary/aromatic N) is 3. The molecule has 0 N–H and O–H groups in total. The minimum Gasteiger partial charge on any atom is -0.456 e. The molecule has 68 heavy (non-hydrogen) atoms. The van der Waals surface area contributed by atoms with Gasteiger partial charge in [0.15, 0.2) is 17.5 Å². The molecule has 0 bridgehead atoms. The van der Waals surface area contributed by atoms with E-state index in [1.54, 1.807) is 0 Å². The van der Waals surface area contributed by atoms with Crippen molar-refractivity contribution >= 4 is 21.9 Å². The first kappa shape index (κ1) is 38.3. The van der Waals surface area contributed by atoms with Crippen LogP contribution >= 0.6 is 0 Å². The maximum absolute atomic E-state index is 6.56. The molecular formula is C64H39N3O. The van der Waals surface area contributed by atoms with Gasteiger partial charge in [-0.25, -0.2) is 15.0 Å². The molecule has 12 aromatic rings. The van der Waals surface area contributed by atoms with Crippen LogP contribution in [0.25, 0.3) is 112 Å². The van der Waals surface area contributed by atoms with E-state index in [1.165, 1.54) is 55.6 Å². The standard InChI is InChI=1S/C64H39N3O/c1-3-16-42(17-4-1)46-20-7-8-24-51(46)62-65-61(43-18-5-2-6-19-43)66-63(67-62)52-25-15-29-59-60(52)53-38-44(35-37-58(53)68-59)40-30-32-41(33-31-40)45-34-36-50-49-23-11-14-28-56(49)64(57(50)39-45)54-26-12-9-21-47(54)48-22-10-13-27-55(48)64/h1-39H. The van der Waals surface area contributed by atoms with Gasteiger partial charge in [-0.3, -0.25) is 0 Å². The van der Waals surface area contributed by atoms with Crippen LogP contribution in [-0.2, 0) is 5.41 Å². The van der Waals surface area contributed by atoms with E-state index in [2.05, 4.69) is 182 Å². The Kier molecular flexibility index (Phi) is 8.46. The van der Waals surface area contributed by atoms with Gasteiger partial charge < -0.3 is 4.42 Å². The largest absolute Gasteiger partial charge is 0.456 e. The molecule has 316 valence electrons. The lowest BCUT2D eigenvalue weighted by atomic mass is 9.70. The predicted molar refractivity (Wildman–Crippen MR) is 276 cm³/mol. The van der Waals surface area contributed by atoms with Crippen LogP contribution in [-0.4, -0.2) is 15.0 Å². The van der Waals surface area contributed by atoms with Gasteiger partial charge in [0.1, 0.15) is 11.2 Å². The van der Waals surface area contributed by atoms with Crippen molar-refractivity contribution in [3.05, 3.63) is 259 Å². The fourth-order valence-electron chi connectivity index (χ4n) is 11.2. The highest BCUT2D eigenvalue weighted by atomic mass is 16.3. The topological polar surface area (TPSA) is 51.8 Å². The number of hydrogen-bond donors (Lipinski definition) is 0. The average Bonchev–Trinajstić information content (AvgIpc) is 4.05. The second-order valence-corrected chi connectivity index (χ2v) is 17.8. The van der Waals surface area contributed by atoms with Crippen LogP contribution in [0.15, 0.2) is 241 Å². The monoisotopic (exact) mass is 865 g/mol. The van der Waals surface area contributed by atoms with Crippen LogP contribution in [0.4, 0.5) is 0 Å². The normalized spacial score (nSPS) is 12.8. The maximum atomic E-state index is 6.56. The Morgan fingerprint density at radius 1 is 0.265 bits per heavy atom. The summed E-state index contributed by atoms with van der Waals surface area (Å²) in [4.78, 5) is 15.5. The number of benzene rings is 10. The van der Waals surface area contributed by atoms with E-state index in [0.29, 0.717) is 17.5 Å². The Morgan fingerprint density at radius 2 is 0.721 bits per heavy atom. The zero-order valence-electron chi connectivity index (χ0n) is 36.8. The van der Waals surface area contributed by atoms with Crippen LogP contribution in [0.3, 0.4) is 0 Å². The molecule has 2 heterocycles. The summed E-state index contributed by atoms with van der Waals surface area (Å²) >= 11 is 0. The quantitative estimate of drug-likeness (QED) is 0.167. The van der Waals surface area contributed by atoms with Gasteiger partial charge in [-0.05, 0) is 102 Å². The number of rotatable bonds is 6. The maximum Gasteiger partial charge on any atom is 0.164 e. The third-order valence-corrected chi connectivity index (χ3v) is 14.2. The predicted octanol–water partition coefficient (Wildman–Crippen LogP) is 16.1. The van der Waals surface area contributed by atoms with Crippen LogP contribution < -0.4 is 0 Å². The van der Waals surface area contributed by atoms with Crippen molar-refractivity contribution in [3.63, 3.8) is 0 Å². The second-order valence-electron chi connectivity index (χ2n) is 17.8. The number of furan rings is 1. The number of aromatic nitrogens is 3. The molecule has 10 aromatic carbocycles. The van der Waals surface area contributed by atoms with E-state index in [9.17, 15) is 0 Å². The third kappa shape index (κ3) is 5.71. The summed E-state index contributed by atoms with van der Waals surface area (Å²) in [5.41, 5.74) is 21.3. The first-order valence-corrected chi connectivity index (χ1v) is 23.2. The van der Waals surface area contributed by atoms with E-state index in [0.717, 1.165) is 60.9 Å². The van der Waals surface area contributed by atoms with Crippen molar-refractivity contribution in [1.29, 1.82) is 0 Å². The summed E-state index contributed by atoms with van der Waals surface area (Å²) < 4.78 is 6.56. The molecule has 4 heteroatoms. The van der Waals surface area contributed by atoms with Crippen LogP contribution in [0.5, 0.6) is 0 Å². The van der Waals surface area contributed by atoms with Gasteiger partial charge in [-0.15, -0.1) is 0 Å². The van der Waals surface area contributed by atoms with Gasteiger partial charge >= 0.3 is 0 Å². The molecule has 1 spiro atoms. The molecule has 14 rings (SSSR count). The lowest BCUT2D eigenvalue weighted by Gasteiger charge is -2.30.